The molecule has 0 N–H and O–H groups in total. The average Bonchev–Trinajstić information content (AvgIpc) is 3.37. The van der Waals surface area contributed by atoms with Gasteiger partial charge < -0.3 is 4.90 Å². The smallest absolute Gasteiger partial charge is 0.250 e. The first-order valence-corrected chi connectivity index (χ1v) is 9.74. The summed E-state index contributed by atoms with van der Waals surface area (Å²) in [6.45, 7) is 6.08. The quantitative estimate of drug-likeness (QED) is 0.799. The maximum atomic E-state index is 12.5. The molecule has 0 spiro atoms. The minimum Gasteiger partial charge on any atom is -0.339 e. The van der Waals surface area contributed by atoms with Gasteiger partial charge in [0.25, 0.3) is 0 Å². The third-order valence-corrected chi connectivity index (χ3v) is 6.05. The Hall–Kier alpha value is -2.20. The van der Waals surface area contributed by atoms with E-state index in [-0.39, 0.29) is 5.91 Å². The van der Waals surface area contributed by atoms with Crippen LogP contribution in [0.3, 0.4) is 0 Å². The highest BCUT2D eigenvalue weighted by atomic mass is 32.1. The Morgan fingerprint density at radius 2 is 2.00 bits per heavy atom. The van der Waals surface area contributed by atoms with Gasteiger partial charge >= 0.3 is 0 Å². The van der Waals surface area contributed by atoms with Crippen LogP contribution in [0.2, 0.25) is 0 Å². The van der Waals surface area contributed by atoms with Crippen LogP contribution in [0.4, 0.5) is 0 Å². The predicted octanol–water partition coefficient (Wildman–Crippen LogP) is 4.76. The summed E-state index contributed by atoms with van der Waals surface area (Å²) in [5, 5.41) is 3.15. The zero-order valence-corrected chi connectivity index (χ0v) is 15.5. The molecule has 1 aromatic heterocycles. The van der Waals surface area contributed by atoms with E-state index in [0.29, 0.717) is 0 Å². The fraction of sp³-hybridized carbons (Fsp3) is 0.333. The normalized spacial score (nSPS) is 17.0. The van der Waals surface area contributed by atoms with E-state index >= 15 is 0 Å². The number of thiazole rings is 1. The lowest BCUT2D eigenvalue weighted by atomic mass is 10.0. The molecule has 0 unspecified atom stereocenters. The molecule has 0 bridgehead atoms. The zero-order chi connectivity index (χ0) is 17.4. The van der Waals surface area contributed by atoms with E-state index in [0.717, 1.165) is 54.2 Å². The molecule has 1 aliphatic carbocycles. The lowest BCUT2D eigenvalue weighted by Gasteiger charge is -2.15. The Morgan fingerprint density at radius 3 is 2.80 bits per heavy atom. The minimum atomic E-state index is 0.203. The van der Waals surface area contributed by atoms with E-state index in [4.69, 9.17) is 4.98 Å². The van der Waals surface area contributed by atoms with E-state index in [1.165, 1.54) is 16.7 Å². The minimum absolute atomic E-state index is 0.203. The van der Waals surface area contributed by atoms with Crippen molar-refractivity contribution in [3.8, 4) is 10.6 Å². The van der Waals surface area contributed by atoms with Crippen molar-refractivity contribution in [2.75, 3.05) is 13.1 Å². The highest BCUT2D eigenvalue weighted by molar-refractivity contribution is 7.13. The number of rotatable bonds is 3. The SMILES string of the molecule is Cc1cccc(-c2nc(C3=CCC(C(=O)N4CCCC4)=C3)cs2)c1C. The highest BCUT2D eigenvalue weighted by Gasteiger charge is 2.24. The topological polar surface area (TPSA) is 33.2 Å². The molecule has 128 valence electrons. The number of hydrogen-bond donors (Lipinski definition) is 0. The maximum absolute atomic E-state index is 12.5. The Bertz CT molecular complexity index is 885. The second-order valence-electron chi connectivity index (χ2n) is 6.82. The van der Waals surface area contributed by atoms with Crippen molar-refractivity contribution in [3.63, 3.8) is 0 Å². The van der Waals surface area contributed by atoms with E-state index in [1.807, 2.05) is 11.0 Å². The van der Waals surface area contributed by atoms with Gasteiger partial charge in [-0.1, -0.05) is 24.3 Å². The van der Waals surface area contributed by atoms with E-state index in [1.54, 1.807) is 11.3 Å². The van der Waals surface area contributed by atoms with Crippen molar-refractivity contribution in [1.82, 2.24) is 9.88 Å². The Labute approximate surface area is 152 Å². The van der Waals surface area contributed by atoms with Gasteiger partial charge in [0.1, 0.15) is 5.01 Å². The molecule has 2 heterocycles. The van der Waals surface area contributed by atoms with Crippen molar-refractivity contribution >= 4 is 22.8 Å². The lowest BCUT2D eigenvalue weighted by Crippen LogP contribution is -2.28. The van der Waals surface area contributed by atoms with Gasteiger partial charge in [0.2, 0.25) is 5.91 Å². The fourth-order valence-corrected chi connectivity index (χ4v) is 4.40. The van der Waals surface area contributed by atoms with Gasteiger partial charge in [0, 0.05) is 29.6 Å². The molecule has 0 atom stereocenters. The summed E-state index contributed by atoms with van der Waals surface area (Å²) in [7, 11) is 0. The molecular weight excluding hydrogens is 328 g/mol. The first-order chi connectivity index (χ1) is 12.1. The van der Waals surface area contributed by atoms with Crippen LogP contribution >= 0.6 is 11.3 Å². The second-order valence-corrected chi connectivity index (χ2v) is 7.68. The number of nitrogens with zero attached hydrogens (tertiary/aromatic N) is 2. The first kappa shape index (κ1) is 16.3. The van der Waals surface area contributed by atoms with Crippen molar-refractivity contribution < 1.29 is 4.79 Å². The standard InChI is InChI=1S/C21H22N2OS/c1-14-6-5-7-18(15(14)2)20-22-19(13-25-20)16-8-9-17(12-16)21(24)23-10-3-4-11-23/h5-8,12-13H,3-4,9-11H2,1-2H3. The van der Waals surface area contributed by atoms with Crippen LogP contribution in [0, 0.1) is 13.8 Å². The van der Waals surface area contributed by atoms with Crippen molar-refractivity contribution in [2.24, 2.45) is 0 Å². The molecule has 4 rings (SSSR count). The van der Waals surface area contributed by atoms with Gasteiger partial charge in [0.15, 0.2) is 0 Å². The molecule has 0 saturated carbocycles. The number of allylic oxidation sites excluding steroid dienone is 3. The summed E-state index contributed by atoms with van der Waals surface area (Å²) in [4.78, 5) is 19.4. The maximum Gasteiger partial charge on any atom is 0.250 e. The van der Waals surface area contributed by atoms with Gasteiger partial charge in [-0.25, -0.2) is 4.98 Å². The van der Waals surface area contributed by atoms with E-state index < -0.39 is 0 Å². The molecular formula is C21H22N2OS. The predicted molar refractivity (Wildman–Crippen MR) is 104 cm³/mol. The summed E-state index contributed by atoms with van der Waals surface area (Å²) < 4.78 is 0. The summed E-state index contributed by atoms with van der Waals surface area (Å²) in [6, 6.07) is 6.35. The molecule has 3 nitrogen and oxygen atoms in total. The van der Waals surface area contributed by atoms with E-state index in [2.05, 4.69) is 43.5 Å². The molecule has 2 aliphatic rings. The number of hydrogen-bond acceptors (Lipinski definition) is 3. The zero-order valence-electron chi connectivity index (χ0n) is 14.7. The number of amides is 1. The molecule has 1 aromatic carbocycles. The Balaban J connectivity index is 1.56. The van der Waals surface area contributed by atoms with Crippen LogP contribution in [0.15, 0.2) is 41.3 Å². The number of likely N-dealkylation sites (tertiary alicyclic amines) is 1. The number of benzene rings is 1. The number of aromatic nitrogens is 1. The van der Waals surface area contributed by atoms with Crippen LogP contribution < -0.4 is 0 Å². The van der Waals surface area contributed by atoms with Gasteiger partial charge in [-0.05, 0) is 55.9 Å². The third-order valence-electron chi connectivity index (χ3n) is 5.17. The largest absolute Gasteiger partial charge is 0.339 e. The monoisotopic (exact) mass is 350 g/mol. The summed E-state index contributed by atoms with van der Waals surface area (Å²) in [5.41, 5.74) is 6.72. The number of carbonyl (C=O) groups is 1. The molecule has 0 radical (unpaired) electrons. The molecule has 1 amide bonds. The highest BCUT2D eigenvalue weighted by Crippen LogP contribution is 2.33. The lowest BCUT2D eigenvalue weighted by molar-refractivity contribution is -0.126. The number of carbonyl (C=O) groups excluding carboxylic acids is 1. The summed E-state index contributed by atoms with van der Waals surface area (Å²) in [6.07, 6.45) is 7.14. The summed E-state index contributed by atoms with van der Waals surface area (Å²) >= 11 is 1.67. The molecule has 2 aromatic rings. The molecule has 1 fully saturated rings. The van der Waals surface area contributed by atoms with Gasteiger partial charge in [-0.2, -0.15) is 0 Å². The third kappa shape index (κ3) is 3.07. The molecule has 25 heavy (non-hydrogen) atoms. The summed E-state index contributed by atoms with van der Waals surface area (Å²) in [5.74, 6) is 0.203. The Morgan fingerprint density at radius 1 is 1.20 bits per heavy atom. The van der Waals surface area contributed by atoms with Crippen LogP contribution in [0.1, 0.15) is 36.1 Å². The van der Waals surface area contributed by atoms with Crippen LogP contribution in [0.25, 0.3) is 16.1 Å². The van der Waals surface area contributed by atoms with Gasteiger partial charge in [-0.3, -0.25) is 4.79 Å². The van der Waals surface area contributed by atoms with E-state index in [9.17, 15) is 4.79 Å². The molecule has 1 saturated heterocycles. The van der Waals surface area contributed by atoms with Crippen molar-refractivity contribution in [3.05, 3.63) is 58.1 Å². The van der Waals surface area contributed by atoms with Gasteiger partial charge in [-0.15, -0.1) is 11.3 Å². The fourth-order valence-electron chi connectivity index (χ4n) is 3.49. The van der Waals surface area contributed by atoms with Crippen LogP contribution in [-0.4, -0.2) is 28.9 Å². The van der Waals surface area contributed by atoms with Crippen LogP contribution in [-0.2, 0) is 4.79 Å². The Kier molecular flexibility index (Phi) is 4.30. The molecule has 1 aliphatic heterocycles. The van der Waals surface area contributed by atoms with Gasteiger partial charge in [0.05, 0.1) is 5.69 Å². The second kappa shape index (κ2) is 6.60. The van der Waals surface area contributed by atoms with Crippen molar-refractivity contribution in [2.45, 2.75) is 33.1 Å². The average molecular weight is 350 g/mol. The first-order valence-electron chi connectivity index (χ1n) is 8.86. The number of aryl methyl sites for hydroxylation is 1. The van der Waals surface area contributed by atoms with Crippen molar-refractivity contribution in [1.29, 1.82) is 0 Å². The van der Waals surface area contributed by atoms with Crippen LogP contribution in [0.5, 0.6) is 0 Å². The molecule has 4 heteroatoms.